The van der Waals surface area contributed by atoms with E-state index in [1.807, 2.05) is 6.66 Å². The fraction of sp³-hybridized carbons (Fsp3) is 1.00. The molecule has 15 heavy (non-hydrogen) atoms. The average Bonchev–Trinajstić information content (AvgIpc) is 2.16. The molecule has 0 radical (unpaired) electrons. The van der Waals surface area contributed by atoms with E-state index in [0.29, 0.717) is 13.2 Å². The predicted molar refractivity (Wildman–Crippen MR) is 62.4 cm³/mol. The lowest BCUT2D eigenvalue weighted by atomic mass is 10.1. The number of aliphatic hydroxyl groups is 1. The topological polar surface area (TPSA) is 47.9 Å². The van der Waals surface area contributed by atoms with E-state index in [-0.39, 0.29) is 12.4 Å². The van der Waals surface area contributed by atoms with Crippen LogP contribution in [-0.4, -0.2) is 50.7 Å². The van der Waals surface area contributed by atoms with Crippen LogP contribution in [-0.2, 0) is 14.0 Å². The Kier molecular flexibility index (Phi) is 8.58. The fourth-order valence-electron chi connectivity index (χ4n) is 1.06. The van der Waals surface area contributed by atoms with Gasteiger partial charge in [-0.1, -0.05) is 0 Å². The average molecular weight is 238 g/mol. The van der Waals surface area contributed by atoms with Crippen LogP contribution in [0.5, 0.6) is 0 Å². The number of aliphatic hydroxyl groups excluding tert-OH is 1. The highest BCUT2D eigenvalue weighted by atomic mass is 31.1. The molecule has 0 aliphatic heterocycles. The molecule has 1 unspecified atom stereocenters. The summed E-state index contributed by atoms with van der Waals surface area (Å²) >= 11 is 0. The van der Waals surface area contributed by atoms with Gasteiger partial charge in [0.2, 0.25) is 0 Å². The summed E-state index contributed by atoms with van der Waals surface area (Å²) in [5, 5.41) is 8.59. The minimum Gasteiger partial charge on any atom is -0.382 e. The molecule has 0 aliphatic carbocycles. The van der Waals surface area contributed by atoms with Crippen LogP contribution in [0.1, 0.15) is 20.3 Å². The summed E-state index contributed by atoms with van der Waals surface area (Å²) in [5.41, 5.74) is -0.145. The van der Waals surface area contributed by atoms with Crippen LogP contribution in [0.3, 0.4) is 0 Å². The van der Waals surface area contributed by atoms with Crippen molar-refractivity contribution < 1.29 is 19.1 Å². The first-order valence-corrected chi connectivity index (χ1v) is 6.99. The molecule has 0 spiro atoms. The third-order valence-electron chi connectivity index (χ3n) is 2.09. The lowest BCUT2D eigenvalue weighted by Crippen LogP contribution is -2.27. The van der Waals surface area contributed by atoms with Crippen LogP contribution in [0.25, 0.3) is 0 Å². The molecule has 4 nitrogen and oxygen atoms in total. The van der Waals surface area contributed by atoms with Crippen LogP contribution < -0.4 is 0 Å². The molecule has 0 aromatic rings. The van der Waals surface area contributed by atoms with Gasteiger partial charge in [-0.05, 0) is 33.1 Å². The van der Waals surface area contributed by atoms with Crippen LogP contribution in [0, 0.1) is 0 Å². The van der Waals surface area contributed by atoms with Gasteiger partial charge in [0.25, 0.3) is 0 Å². The minimum atomic E-state index is -0.525. The zero-order valence-corrected chi connectivity index (χ0v) is 11.0. The van der Waals surface area contributed by atoms with Gasteiger partial charge in [-0.25, -0.2) is 0 Å². The van der Waals surface area contributed by atoms with E-state index < -0.39 is 8.15 Å². The summed E-state index contributed by atoms with van der Waals surface area (Å²) in [4.78, 5) is 0. The first kappa shape index (κ1) is 15.3. The summed E-state index contributed by atoms with van der Waals surface area (Å²) < 4.78 is 15.7. The zero-order chi connectivity index (χ0) is 11.7. The highest BCUT2D eigenvalue weighted by Gasteiger charge is 2.19. The largest absolute Gasteiger partial charge is 0.382 e. The Morgan fingerprint density at radius 3 is 2.47 bits per heavy atom. The molecule has 1 atom stereocenters. The predicted octanol–water partition coefficient (Wildman–Crippen LogP) is 1.81. The van der Waals surface area contributed by atoms with Crippen LogP contribution in [0.15, 0.2) is 0 Å². The van der Waals surface area contributed by atoms with Gasteiger partial charge in [-0.15, -0.1) is 0 Å². The summed E-state index contributed by atoms with van der Waals surface area (Å²) in [6.45, 7) is 7.18. The van der Waals surface area contributed by atoms with Crippen molar-refractivity contribution in [1.82, 2.24) is 0 Å². The maximum absolute atomic E-state index is 8.59. The molecular weight excluding hydrogens is 215 g/mol. The van der Waals surface area contributed by atoms with Gasteiger partial charge < -0.3 is 19.1 Å². The Balaban J connectivity index is 3.62. The molecule has 5 heteroatoms. The number of hydrogen-bond donors (Lipinski definition) is 1. The molecule has 0 bridgehead atoms. The molecule has 92 valence electrons. The molecule has 0 aromatic carbocycles. The van der Waals surface area contributed by atoms with Crippen molar-refractivity contribution in [3.63, 3.8) is 0 Å². The fourth-order valence-corrected chi connectivity index (χ4v) is 2.24. The van der Waals surface area contributed by atoms with E-state index in [1.54, 1.807) is 7.11 Å². The van der Waals surface area contributed by atoms with E-state index in [2.05, 4.69) is 13.8 Å². The SMILES string of the molecule is COCCOC(C)(C)CCP(C)OCO. The third kappa shape index (κ3) is 9.21. The van der Waals surface area contributed by atoms with Gasteiger partial charge in [-0.2, -0.15) is 0 Å². The Bertz CT molecular complexity index is 152. The van der Waals surface area contributed by atoms with Crippen molar-refractivity contribution in [3.8, 4) is 0 Å². The molecule has 0 saturated carbocycles. The minimum absolute atomic E-state index is 0.145. The summed E-state index contributed by atoms with van der Waals surface area (Å²) in [6.07, 6.45) is 1.87. The number of hydrogen-bond acceptors (Lipinski definition) is 4. The Morgan fingerprint density at radius 1 is 1.27 bits per heavy atom. The monoisotopic (exact) mass is 238 g/mol. The summed E-state index contributed by atoms with van der Waals surface area (Å²) in [7, 11) is 1.14. The first-order valence-electron chi connectivity index (χ1n) is 5.09. The summed E-state index contributed by atoms with van der Waals surface area (Å²) in [5.74, 6) is 0. The van der Waals surface area contributed by atoms with Gasteiger partial charge in [0.15, 0.2) is 0 Å². The van der Waals surface area contributed by atoms with E-state index in [4.69, 9.17) is 19.1 Å². The van der Waals surface area contributed by atoms with Crippen molar-refractivity contribution >= 4 is 8.15 Å². The molecule has 0 aliphatic rings. The highest BCUT2D eigenvalue weighted by Crippen LogP contribution is 2.34. The van der Waals surface area contributed by atoms with E-state index >= 15 is 0 Å². The Hall–Kier alpha value is 0.270. The highest BCUT2D eigenvalue weighted by molar-refractivity contribution is 7.51. The standard InChI is InChI=1S/C10H23O4P/c1-10(2,13-7-6-12-3)5-8-15(4)14-9-11/h11H,5-9H2,1-4H3. The van der Waals surface area contributed by atoms with Crippen LogP contribution in [0.2, 0.25) is 0 Å². The van der Waals surface area contributed by atoms with Crippen LogP contribution in [0.4, 0.5) is 0 Å². The molecular formula is C10H23O4P. The van der Waals surface area contributed by atoms with Crippen molar-refractivity contribution in [2.24, 2.45) is 0 Å². The van der Waals surface area contributed by atoms with E-state index in [0.717, 1.165) is 12.6 Å². The van der Waals surface area contributed by atoms with Crippen molar-refractivity contribution in [3.05, 3.63) is 0 Å². The smallest absolute Gasteiger partial charge is 0.147 e. The van der Waals surface area contributed by atoms with Crippen molar-refractivity contribution in [1.29, 1.82) is 0 Å². The molecule has 0 amide bonds. The van der Waals surface area contributed by atoms with Gasteiger partial charge in [0.05, 0.1) is 18.8 Å². The molecule has 0 saturated heterocycles. The number of ether oxygens (including phenoxy) is 2. The van der Waals surface area contributed by atoms with Gasteiger partial charge in [0.1, 0.15) is 6.79 Å². The molecule has 0 heterocycles. The molecule has 0 fully saturated rings. The van der Waals surface area contributed by atoms with Crippen molar-refractivity contribution in [2.45, 2.75) is 25.9 Å². The van der Waals surface area contributed by atoms with E-state index in [1.165, 1.54) is 0 Å². The lowest BCUT2D eigenvalue weighted by Gasteiger charge is -2.26. The third-order valence-corrected chi connectivity index (χ3v) is 3.50. The van der Waals surface area contributed by atoms with Crippen LogP contribution >= 0.6 is 8.15 Å². The molecule has 1 N–H and O–H groups in total. The Labute approximate surface area is 93.7 Å². The number of rotatable bonds is 9. The molecule has 0 rings (SSSR count). The van der Waals surface area contributed by atoms with E-state index in [9.17, 15) is 0 Å². The second-order valence-electron chi connectivity index (χ2n) is 3.96. The summed E-state index contributed by atoms with van der Waals surface area (Å²) in [6, 6.07) is 0. The second kappa shape index (κ2) is 8.43. The second-order valence-corrected chi connectivity index (χ2v) is 5.92. The number of methoxy groups -OCH3 is 1. The van der Waals surface area contributed by atoms with Gasteiger partial charge >= 0.3 is 0 Å². The Morgan fingerprint density at radius 2 is 1.93 bits per heavy atom. The first-order chi connectivity index (χ1) is 7.02. The quantitative estimate of drug-likeness (QED) is 0.378. The van der Waals surface area contributed by atoms with Gasteiger partial charge in [-0.3, -0.25) is 0 Å². The lowest BCUT2D eigenvalue weighted by molar-refractivity contribution is -0.0408. The maximum Gasteiger partial charge on any atom is 0.147 e. The maximum atomic E-state index is 8.59. The van der Waals surface area contributed by atoms with Crippen molar-refractivity contribution in [2.75, 3.05) is 39.9 Å². The van der Waals surface area contributed by atoms with Gasteiger partial charge in [0, 0.05) is 15.3 Å². The normalized spacial score (nSPS) is 14.2. The zero-order valence-electron chi connectivity index (χ0n) is 10.2. The molecule has 0 aromatic heterocycles.